The quantitative estimate of drug-likeness (QED) is 0.625. The maximum atomic E-state index is 12.4. The molecule has 1 fully saturated rings. The molecule has 0 aromatic carbocycles. The molecule has 2 rings (SSSR count). The number of hydrogen-bond donors (Lipinski definition) is 1. The summed E-state index contributed by atoms with van der Waals surface area (Å²) in [5.41, 5.74) is 0.723. The number of nitriles is 1. The molecule has 110 valence electrons. The third-order valence-electron chi connectivity index (χ3n) is 4.72. The molecule has 0 spiro atoms. The molecule has 1 N–H and O–H groups in total. The van der Waals surface area contributed by atoms with Crippen molar-refractivity contribution >= 4 is 5.91 Å². The molecule has 3 nitrogen and oxygen atoms in total. The van der Waals surface area contributed by atoms with Crippen LogP contribution >= 0.6 is 0 Å². The summed E-state index contributed by atoms with van der Waals surface area (Å²) in [4.78, 5) is 12.4. The molecular weight excluding hydrogens is 248 g/mol. The maximum Gasteiger partial charge on any atom is 0.240 e. The molecule has 0 unspecified atom stereocenters. The summed E-state index contributed by atoms with van der Waals surface area (Å²) in [6.07, 6.45) is 14.0. The molecule has 0 aliphatic heterocycles. The van der Waals surface area contributed by atoms with Crippen LogP contribution < -0.4 is 5.32 Å². The highest BCUT2D eigenvalue weighted by Crippen LogP contribution is 2.34. The van der Waals surface area contributed by atoms with Gasteiger partial charge in [0.25, 0.3) is 0 Å². The van der Waals surface area contributed by atoms with Crippen LogP contribution in [-0.4, -0.2) is 12.5 Å². The van der Waals surface area contributed by atoms with E-state index in [0.717, 1.165) is 44.9 Å². The summed E-state index contributed by atoms with van der Waals surface area (Å²) in [5, 5.41) is 12.5. The number of allylic oxidation sites excluding steroid dienone is 1. The first-order valence-corrected chi connectivity index (χ1v) is 8.14. The average molecular weight is 274 g/mol. The van der Waals surface area contributed by atoms with E-state index in [4.69, 9.17) is 0 Å². The molecule has 2 aliphatic rings. The second-order valence-corrected chi connectivity index (χ2v) is 6.22. The third-order valence-corrected chi connectivity index (χ3v) is 4.72. The van der Waals surface area contributed by atoms with E-state index in [9.17, 15) is 10.1 Å². The highest BCUT2D eigenvalue weighted by Gasteiger charge is 2.38. The lowest BCUT2D eigenvalue weighted by molar-refractivity contribution is -0.128. The van der Waals surface area contributed by atoms with Gasteiger partial charge in [0.1, 0.15) is 5.41 Å². The molecule has 0 heterocycles. The SMILES string of the molecule is N#CC1(C(=O)NCCC2=CCCCC2)CCCCCC1. The summed E-state index contributed by atoms with van der Waals surface area (Å²) in [7, 11) is 0. The zero-order valence-electron chi connectivity index (χ0n) is 12.4. The lowest BCUT2D eigenvalue weighted by Gasteiger charge is -2.24. The Balaban J connectivity index is 1.83. The maximum absolute atomic E-state index is 12.4. The number of amides is 1. The predicted octanol–water partition coefficient (Wildman–Crippen LogP) is 3.86. The lowest BCUT2D eigenvalue weighted by atomic mass is 9.81. The van der Waals surface area contributed by atoms with Gasteiger partial charge in [-0.3, -0.25) is 4.79 Å². The van der Waals surface area contributed by atoms with Crippen molar-refractivity contribution < 1.29 is 4.79 Å². The normalized spacial score (nSPS) is 22.2. The van der Waals surface area contributed by atoms with Crippen LogP contribution in [0.25, 0.3) is 0 Å². The summed E-state index contributed by atoms with van der Waals surface area (Å²) in [6, 6.07) is 2.32. The van der Waals surface area contributed by atoms with Gasteiger partial charge in [-0.1, -0.05) is 37.3 Å². The fraction of sp³-hybridized carbons (Fsp3) is 0.765. The fourth-order valence-electron chi connectivity index (χ4n) is 3.36. The fourth-order valence-corrected chi connectivity index (χ4v) is 3.36. The Morgan fingerprint density at radius 1 is 1.20 bits per heavy atom. The standard InChI is InChI=1S/C17H26N2O/c18-14-17(11-6-1-2-7-12-17)16(20)19-13-10-15-8-4-3-5-9-15/h8H,1-7,9-13H2,(H,19,20). The number of carbonyl (C=O) groups is 1. The number of nitrogens with zero attached hydrogens (tertiary/aromatic N) is 1. The monoisotopic (exact) mass is 274 g/mol. The molecule has 0 saturated heterocycles. The summed E-state index contributed by atoms with van der Waals surface area (Å²) < 4.78 is 0. The van der Waals surface area contributed by atoms with Crippen molar-refractivity contribution in [2.75, 3.05) is 6.54 Å². The molecule has 0 atom stereocenters. The van der Waals surface area contributed by atoms with Gasteiger partial charge in [0.05, 0.1) is 6.07 Å². The second-order valence-electron chi connectivity index (χ2n) is 6.22. The molecule has 20 heavy (non-hydrogen) atoms. The Morgan fingerprint density at radius 3 is 2.55 bits per heavy atom. The van der Waals surface area contributed by atoms with Gasteiger partial charge in [-0.25, -0.2) is 0 Å². The zero-order chi connectivity index (χ0) is 14.3. The smallest absolute Gasteiger partial charge is 0.240 e. The number of hydrogen-bond acceptors (Lipinski definition) is 2. The van der Waals surface area contributed by atoms with Crippen LogP contribution in [-0.2, 0) is 4.79 Å². The van der Waals surface area contributed by atoms with Crippen LogP contribution in [0.5, 0.6) is 0 Å². The van der Waals surface area contributed by atoms with Crippen molar-refractivity contribution in [3.05, 3.63) is 11.6 Å². The molecule has 3 heteroatoms. The van der Waals surface area contributed by atoms with Crippen LogP contribution in [0.2, 0.25) is 0 Å². The summed E-state index contributed by atoms with van der Waals surface area (Å²) in [5.74, 6) is -0.0293. The highest BCUT2D eigenvalue weighted by molar-refractivity contribution is 5.85. The third kappa shape index (κ3) is 3.85. The van der Waals surface area contributed by atoms with Crippen molar-refractivity contribution in [2.24, 2.45) is 5.41 Å². The van der Waals surface area contributed by atoms with Crippen molar-refractivity contribution in [1.82, 2.24) is 5.32 Å². The minimum Gasteiger partial charge on any atom is -0.354 e. The van der Waals surface area contributed by atoms with E-state index >= 15 is 0 Å². The highest BCUT2D eigenvalue weighted by atomic mass is 16.2. The average Bonchev–Trinajstić information content (AvgIpc) is 2.74. The molecule has 0 aromatic rings. The first kappa shape index (κ1) is 15.1. The molecule has 1 amide bonds. The zero-order valence-corrected chi connectivity index (χ0v) is 12.4. The largest absolute Gasteiger partial charge is 0.354 e. The van der Waals surface area contributed by atoms with Crippen molar-refractivity contribution in [3.8, 4) is 6.07 Å². The first-order chi connectivity index (χ1) is 9.77. The van der Waals surface area contributed by atoms with Crippen molar-refractivity contribution in [1.29, 1.82) is 5.26 Å². The van der Waals surface area contributed by atoms with Gasteiger partial charge >= 0.3 is 0 Å². The van der Waals surface area contributed by atoms with Crippen molar-refractivity contribution in [2.45, 2.75) is 70.6 Å². The summed E-state index contributed by atoms with van der Waals surface area (Å²) in [6.45, 7) is 0.689. The van der Waals surface area contributed by atoms with E-state index in [1.54, 1.807) is 0 Å². The summed E-state index contributed by atoms with van der Waals surface area (Å²) >= 11 is 0. The van der Waals surface area contributed by atoms with Crippen LogP contribution in [0.1, 0.15) is 70.6 Å². The number of carbonyl (C=O) groups excluding carboxylic acids is 1. The molecular formula is C17H26N2O. The van der Waals surface area contributed by atoms with E-state index in [0.29, 0.717) is 6.54 Å². The van der Waals surface area contributed by atoms with Gasteiger partial charge in [0, 0.05) is 6.54 Å². The Morgan fingerprint density at radius 2 is 1.95 bits per heavy atom. The second kappa shape index (κ2) is 7.47. The van der Waals surface area contributed by atoms with E-state index in [2.05, 4.69) is 17.5 Å². The predicted molar refractivity (Wildman–Crippen MR) is 79.9 cm³/mol. The van der Waals surface area contributed by atoms with Gasteiger partial charge < -0.3 is 5.32 Å². The number of rotatable bonds is 4. The topological polar surface area (TPSA) is 52.9 Å². The molecule has 2 aliphatic carbocycles. The van der Waals surface area contributed by atoms with Gasteiger partial charge in [-0.05, 0) is 44.9 Å². The number of nitrogens with one attached hydrogen (secondary N) is 1. The van der Waals surface area contributed by atoms with E-state index in [1.165, 1.54) is 31.3 Å². The van der Waals surface area contributed by atoms with Gasteiger partial charge in [0.2, 0.25) is 5.91 Å². The Kier molecular flexibility index (Phi) is 5.64. The molecule has 0 radical (unpaired) electrons. The van der Waals surface area contributed by atoms with E-state index in [-0.39, 0.29) is 5.91 Å². The Hall–Kier alpha value is -1.30. The van der Waals surface area contributed by atoms with Gasteiger partial charge in [-0.15, -0.1) is 0 Å². The van der Waals surface area contributed by atoms with E-state index < -0.39 is 5.41 Å². The Labute approximate surface area is 122 Å². The van der Waals surface area contributed by atoms with Crippen LogP contribution in [0.15, 0.2) is 11.6 Å². The van der Waals surface area contributed by atoms with E-state index in [1.807, 2.05) is 0 Å². The van der Waals surface area contributed by atoms with Gasteiger partial charge in [0.15, 0.2) is 0 Å². The molecule has 0 bridgehead atoms. The molecule has 1 saturated carbocycles. The van der Waals surface area contributed by atoms with Crippen LogP contribution in [0.4, 0.5) is 0 Å². The first-order valence-electron chi connectivity index (χ1n) is 8.14. The van der Waals surface area contributed by atoms with Crippen LogP contribution in [0, 0.1) is 16.7 Å². The lowest BCUT2D eigenvalue weighted by Crippen LogP contribution is -2.40. The Bertz CT molecular complexity index is 398. The minimum atomic E-state index is -0.753. The van der Waals surface area contributed by atoms with Crippen molar-refractivity contribution in [3.63, 3.8) is 0 Å². The van der Waals surface area contributed by atoms with Gasteiger partial charge in [-0.2, -0.15) is 5.26 Å². The van der Waals surface area contributed by atoms with Crippen LogP contribution in [0.3, 0.4) is 0 Å². The minimum absolute atomic E-state index is 0.0293. The molecule has 0 aromatic heterocycles.